The highest BCUT2D eigenvalue weighted by atomic mass is 15.1. The summed E-state index contributed by atoms with van der Waals surface area (Å²) in [6, 6.07) is 0. The van der Waals surface area contributed by atoms with Crippen molar-refractivity contribution in [3.63, 3.8) is 0 Å². The summed E-state index contributed by atoms with van der Waals surface area (Å²) in [5.41, 5.74) is 2.84. The normalized spacial score (nSPS) is 11.3. The van der Waals surface area contributed by atoms with Crippen LogP contribution in [0.3, 0.4) is 0 Å². The molecule has 0 saturated heterocycles. The molecular formula is C47H95N. The van der Waals surface area contributed by atoms with Crippen LogP contribution in [-0.2, 0) is 0 Å². The van der Waals surface area contributed by atoms with E-state index in [2.05, 4.69) is 59.6 Å². The van der Waals surface area contributed by atoms with Crippen LogP contribution in [-0.4, -0.2) is 24.5 Å². The number of hydrogen-bond acceptors (Lipinski definition) is 1. The predicted octanol–water partition coefficient (Wildman–Crippen LogP) is 17.0. The Hall–Kier alpha value is -0.560. The van der Waals surface area contributed by atoms with Crippen molar-refractivity contribution in [1.82, 2.24) is 4.90 Å². The number of nitrogens with zero attached hydrogens (tertiary/aromatic N) is 1. The molecule has 0 spiro atoms. The van der Waals surface area contributed by atoms with Gasteiger partial charge >= 0.3 is 0 Å². The van der Waals surface area contributed by atoms with Gasteiger partial charge in [0.15, 0.2) is 0 Å². The van der Waals surface area contributed by atoms with E-state index in [-0.39, 0.29) is 0 Å². The molecular weight excluding hydrogens is 579 g/mol. The SMILES string of the molecule is C=C(C)CCCCCN(CC)CCCCCCCC(=C)CCCCCCCCCC.CCCCCCCCC(C)CCCCCCCC. The highest BCUT2D eigenvalue weighted by Gasteiger charge is 2.04. The van der Waals surface area contributed by atoms with Crippen molar-refractivity contribution in [3.05, 3.63) is 24.3 Å². The van der Waals surface area contributed by atoms with Crippen LogP contribution < -0.4 is 0 Å². The molecule has 0 aliphatic carbocycles. The molecule has 0 aliphatic rings. The summed E-state index contributed by atoms with van der Waals surface area (Å²) in [6.07, 6.45) is 46.3. The summed E-state index contributed by atoms with van der Waals surface area (Å²) in [5, 5.41) is 0. The average Bonchev–Trinajstić information content (AvgIpc) is 3.07. The molecule has 0 unspecified atom stereocenters. The van der Waals surface area contributed by atoms with E-state index in [0.717, 1.165) is 5.92 Å². The Labute approximate surface area is 307 Å². The van der Waals surface area contributed by atoms with Crippen molar-refractivity contribution in [2.75, 3.05) is 19.6 Å². The maximum atomic E-state index is 4.32. The van der Waals surface area contributed by atoms with Crippen LogP contribution in [0.4, 0.5) is 0 Å². The topological polar surface area (TPSA) is 3.24 Å². The van der Waals surface area contributed by atoms with E-state index >= 15 is 0 Å². The maximum absolute atomic E-state index is 4.32. The second kappa shape index (κ2) is 42.6. The van der Waals surface area contributed by atoms with Gasteiger partial charge in [-0.15, -0.1) is 6.58 Å². The lowest BCUT2D eigenvalue weighted by molar-refractivity contribution is 0.274. The van der Waals surface area contributed by atoms with E-state index in [4.69, 9.17) is 0 Å². The number of unbranched alkanes of at least 4 members (excludes halogenated alkanes) is 23. The number of hydrogen-bond donors (Lipinski definition) is 0. The third-order valence-electron chi connectivity index (χ3n) is 10.5. The van der Waals surface area contributed by atoms with Gasteiger partial charge in [0.1, 0.15) is 0 Å². The minimum Gasteiger partial charge on any atom is -0.304 e. The molecule has 0 bridgehead atoms. The van der Waals surface area contributed by atoms with Gasteiger partial charge in [-0.3, -0.25) is 0 Å². The molecule has 0 atom stereocenters. The monoisotopic (exact) mass is 674 g/mol. The molecule has 0 amide bonds. The molecule has 0 aliphatic heterocycles. The molecule has 0 N–H and O–H groups in total. The molecule has 0 heterocycles. The Morgan fingerprint density at radius 1 is 0.417 bits per heavy atom. The molecule has 1 nitrogen and oxygen atoms in total. The molecule has 0 aromatic rings. The fraction of sp³-hybridized carbons (Fsp3) is 0.915. The lowest BCUT2D eigenvalue weighted by atomic mass is 9.96. The first kappa shape index (κ1) is 49.6. The molecule has 0 fully saturated rings. The first-order valence-corrected chi connectivity index (χ1v) is 22.4. The van der Waals surface area contributed by atoms with E-state index in [1.165, 1.54) is 243 Å². The number of rotatable bonds is 38. The van der Waals surface area contributed by atoms with Crippen molar-refractivity contribution in [2.45, 2.75) is 253 Å². The summed E-state index contributed by atoms with van der Waals surface area (Å²) < 4.78 is 0. The first-order chi connectivity index (χ1) is 23.4. The Kier molecular flexibility index (Phi) is 44.0. The van der Waals surface area contributed by atoms with E-state index in [0.29, 0.717) is 0 Å². The van der Waals surface area contributed by atoms with Crippen LogP contribution in [0.2, 0.25) is 0 Å². The zero-order valence-corrected chi connectivity index (χ0v) is 34.9. The average molecular weight is 674 g/mol. The minimum absolute atomic E-state index is 0.974. The van der Waals surface area contributed by atoms with Crippen LogP contribution in [0.5, 0.6) is 0 Å². The van der Waals surface area contributed by atoms with Crippen LogP contribution in [0.1, 0.15) is 253 Å². The molecule has 0 aromatic carbocycles. The summed E-state index contributed by atoms with van der Waals surface area (Å²) in [5.74, 6) is 0.974. The molecule has 48 heavy (non-hydrogen) atoms. The van der Waals surface area contributed by atoms with Crippen molar-refractivity contribution < 1.29 is 0 Å². The standard InChI is InChI=1S/C29H57N.C18H38/c1-6-8-9-10-11-12-14-19-24-29(5)25-20-15-13-16-21-26-30(7-2)27-22-17-18-23-28(3)4;1-4-6-8-10-12-14-16-18(3)17-15-13-11-9-7-5-2/h3,5-27H2,1-2,4H3;18H,4-17H2,1-3H3. The lowest BCUT2D eigenvalue weighted by Gasteiger charge is -2.20. The van der Waals surface area contributed by atoms with Crippen molar-refractivity contribution in [1.29, 1.82) is 0 Å². The van der Waals surface area contributed by atoms with Crippen molar-refractivity contribution in [3.8, 4) is 0 Å². The minimum atomic E-state index is 0.974. The van der Waals surface area contributed by atoms with Gasteiger partial charge in [-0.05, 0) is 83.8 Å². The number of allylic oxidation sites excluding steroid dienone is 2. The smallest absolute Gasteiger partial charge is 0.00189 e. The highest BCUT2D eigenvalue weighted by molar-refractivity contribution is 4.93. The van der Waals surface area contributed by atoms with E-state index in [9.17, 15) is 0 Å². The van der Waals surface area contributed by atoms with Gasteiger partial charge in [-0.2, -0.15) is 0 Å². The molecule has 0 rings (SSSR count). The van der Waals surface area contributed by atoms with Gasteiger partial charge < -0.3 is 4.90 Å². The highest BCUT2D eigenvalue weighted by Crippen LogP contribution is 2.19. The first-order valence-electron chi connectivity index (χ1n) is 22.4. The molecule has 288 valence electrons. The van der Waals surface area contributed by atoms with Gasteiger partial charge in [0.05, 0.1) is 0 Å². The summed E-state index contributed by atoms with van der Waals surface area (Å²) in [7, 11) is 0. The second-order valence-electron chi connectivity index (χ2n) is 15.9. The zero-order valence-electron chi connectivity index (χ0n) is 34.9. The Balaban J connectivity index is 0. The summed E-state index contributed by atoms with van der Waals surface area (Å²) >= 11 is 0. The van der Waals surface area contributed by atoms with Gasteiger partial charge in [0.25, 0.3) is 0 Å². The van der Waals surface area contributed by atoms with E-state index < -0.39 is 0 Å². The lowest BCUT2D eigenvalue weighted by Crippen LogP contribution is -2.25. The Morgan fingerprint density at radius 2 is 0.729 bits per heavy atom. The molecule has 0 saturated carbocycles. The largest absolute Gasteiger partial charge is 0.304 e. The van der Waals surface area contributed by atoms with Crippen LogP contribution in [0, 0.1) is 5.92 Å². The van der Waals surface area contributed by atoms with Gasteiger partial charge in [-0.25, -0.2) is 0 Å². The quantitative estimate of drug-likeness (QED) is 0.0466. The van der Waals surface area contributed by atoms with Crippen LogP contribution >= 0.6 is 0 Å². The van der Waals surface area contributed by atoms with Crippen molar-refractivity contribution in [2.24, 2.45) is 5.92 Å². The fourth-order valence-electron chi connectivity index (χ4n) is 6.93. The molecule has 0 aromatic heterocycles. The van der Waals surface area contributed by atoms with Gasteiger partial charge in [0, 0.05) is 0 Å². The fourth-order valence-corrected chi connectivity index (χ4v) is 6.93. The summed E-state index contributed by atoms with van der Waals surface area (Å²) in [4.78, 5) is 2.65. The Bertz CT molecular complexity index is 605. The second-order valence-corrected chi connectivity index (χ2v) is 15.9. The third kappa shape index (κ3) is 43.5. The predicted molar refractivity (Wildman–Crippen MR) is 225 cm³/mol. The van der Waals surface area contributed by atoms with Gasteiger partial charge in [0.2, 0.25) is 0 Å². The summed E-state index contributed by atoms with van der Waals surface area (Å²) in [6.45, 7) is 25.9. The molecule has 0 radical (unpaired) electrons. The Morgan fingerprint density at radius 3 is 1.10 bits per heavy atom. The zero-order chi connectivity index (χ0) is 35.8. The van der Waals surface area contributed by atoms with E-state index in [1.54, 1.807) is 0 Å². The van der Waals surface area contributed by atoms with Crippen LogP contribution in [0.25, 0.3) is 0 Å². The van der Waals surface area contributed by atoms with Crippen LogP contribution in [0.15, 0.2) is 24.3 Å². The maximum Gasteiger partial charge on any atom is -0.00189 e. The van der Waals surface area contributed by atoms with Crippen molar-refractivity contribution >= 4 is 0 Å². The molecule has 1 heteroatoms. The van der Waals surface area contributed by atoms with Gasteiger partial charge in [-0.1, -0.05) is 213 Å². The van der Waals surface area contributed by atoms with E-state index in [1.807, 2.05) is 0 Å². The third-order valence-corrected chi connectivity index (χ3v) is 10.5.